The highest BCUT2D eigenvalue weighted by Crippen LogP contribution is 2.27. The summed E-state index contributed by atoms with van der Waals surface area (Å²) >= 11 is 0. The maximum Gasteiger partial charge on any atom is 0.253 e. The van der Waals surface area contributed by atoms with Crippen LogP contribution in [0.15, 0.2) is 36.7 Å². The fourth-order valence-corrected chi connectivity index (χ4v) is 3.22. The molecule has 0 radical (unpaired) electrons. The summed E-state index contributed by atoms with van der Waals surface area (Å²) in [6.45, 7) is 1.33. The van der Waals surface area contributed by atoms with Gasteiger partial charge in [0.2, 0.25) is 5.91 Å². The molecule has 1 aromatic heterocycles. The molecular formula is C18H19N5O2. The standard InChI is InChI=1S/C18H19N5O2/c19-10-13-3-5-14(6-4-13)18(25)23-8-1-2-15(11-23)17-21-7-9-22(17)12-16(20)24/h3-7,9,15H,1-2,8,11-12H2,(H2,20,24)/t15-/m0/s1. The second-order valence-electron chi connectivity index (χ2n) is 6.16. The topological polar surface area (TPSA) is 105 Å². The lowest BCUT2D eigenvalue weighted by atomic mass is 9.96. The van der Waals surface area contributed by atoms with Crippen LogP contribution in [0.3, 0.4) is 0 Å². The van der Waals surface area contributed by atoms with Gasteiger partial charge in [0.15, 0.2) is 0 Å². The minimum Gasteiger partial charge on any atom is -0.368 e. The molecule has 1 fully saturated rings. The summed E-state index contributed by atoms with van der Waals surface area (Å²) in [5.74, 6) is 0.393. The van der Waals surface area contributed by atoms with Gasteiger partial charge >= 0.3 is 0 Å². The van der Waals surface area contributed by atoms with Crippen molar-refractivity contribution in [3.05, 3.63) is 53.6 Å². The van der Waals surface area contributed by atoms with Crippen molar-refractivity contribution in [3.8, 4) is 6.07 Å². The van der Waals surface area contributed by atoms with Gasteiger partial charge in [-0.1, -0.05) is 0 Å². The smallest absolute Gasteiger partial charge is 0.253 e. The van der Waals surface area contributed by atoms with Crippen molar-refractivity contribution in [1.82, 2.24) is 14.5 Å². The molecule has 1 atom stereocenters. The van der Waals surface area contributed by atoms with Crippen LogP contribution in [0.4, 0.5) is 0 Å². The number of piperidine rings is 1. The molecule has 128 valence electrons. The molecule has 2 aromatic rings. The van der Waals surface area contributed by atoms with Gasteiger partial charge in [-0.05, 0) is 37.1 Å². The maximum absolute atomic E-state index is 12.7. The van der Waals surface area contributed by atoms with E-state index in [0.29, 0.717) is 24.2 Å². The third-order valence-corrected chi connectivity index (χ3v) is 4.41. The zero-order valence-electron chi connectivity index (χ0n) is 13.8. The number of nitriles is 1. The number of benzene rings is 1. The quantitative estimate of drug-likeness (QED) is 0.906. The van der Waals surface area contributed by atoms with E-state index < -0.39 is 5.91 Å². The van der Waals surface area contributed by atoms with Crippen LogP contribution in [-0.4, -0.2) is 39.4 Å². The van der Waals surface area contributed by atoms with Crippen LogP contribution in [0.5, 0.6) is 0 Å². The maximum atomic E-state index is 12.7. The highest BCUT2D eigenvalue weighted by Gasteiger charge is 2.28. The van der Waals surface area contributed by atoms with Gasteiger partial charge < -0.3 is 15.2 Å². The highest BCUT2D eigenvalue weighted by molar-refractivity contribution is 5.94. The van der Waals surface area contributed by atoms with Crippen molar-refractivity contribution in [2.75, 3.05) is 13.1 Å². The van der Waals surface area contributed by atoms with Crippen LogP contribution in [0, 0.1) is 11.3 Å². The number of carbonyl (C=O) groups excluding carboxylic acids is 2. The van der Waals surface area contributed by atoms with Gasteiger partial charge in [-0.15, -0.1) is 0 Å². The van der Waals surface area contributed by atoms with Crippen molar-refractivity contribution in [3.63, 3.8) is 0 Å². The molecule has 2 amide bonds. The number of amides is 2. The number of likely N-dealkylation sites (tertiary alicyclic amines) is 1. The minimum atomic E-state index is -0.416. The Morgan fingerprint density at radius 3 is 2.76 bits per heavy atom. The normalized spacial score (nSPS) is 17.1. The van der Waals surface area contributed by atoms with E-state index in [-0.39, 0.29) is 18.4 Å². The van der Waals surface area contributed by atoms with Crippen LogP contribution in [0.25, 0.3) is 0 Å². The second-order valence-corrected chi connectivity index (χ2v) is 6.16. The third kappa shape index (κ3) is 3.69. The Balaban J connectivity index is 1.74. The number of aromatic nitrogens is 2. The average molecular weight is 337 g/mol. The predicted octanol–water partition coefficient (Wildman–Crippen LogP) is 1.26. The molecule has 0 spiro atoms. The first-order valence-electron chi connectivity index (χ1n) is 8.17. The van der Waals surface area contributed by atoms with Crippen molar-refractivity contribution in [1.29, 1.82) is 5.26 Å². The molecule has 0 aliphatic carbocycles. The Hall–Kier alpha value is -3.14. The van der Waals surface area contributed by atoms with Crippen LogP contribution in [-0.2, 0) is 11.3 Å². The number of nitrogens with two attached hydrogens (primary N) is 1. The monoisotopic (exact) mass is 337 g/mol. The molecule has 0 unspecified atom stereocenters. The van der Waals surface area contributed by atoms with Gasteiger partial charge in [-0.3, -0.25) is 9.59 Å². The lowest BCUT2D eigenvalue weighted by molar-refractivity contribution is -0.118. The molecule has 25 heavy (non-hydrogen) atoms. The number of carbonyl (C=O) groups is 2. The molecule has 7 heteroatoms. The van der Waals surface area contributed by atoms with E-state index in [1.165, 1.54) is 0 Å². The molecule has 1 saturated heterocycles. The highest BCUT2D eigenvalue weighted by atomic mass is 16.2. The van der Waals surface area contributed by atoms with Gasteiger partial charge in [0.05, 0.1) is 11.6 Å². The molecule has 1 aromatic carbocycles. The van der Waals surface area contributed by atoms with Crippen molar-refractivity contribution < 1.29 is 9.59 Å². The van der Waals surface area contributed by atoms with Gasteiger partial charge in [0.25, 0.3) is 5.91 Å². The second kappa shape index (κ2) is 7.18. The van der Waals surface area contributed by atoms with Gasteiger partial charge in [-0.2, -0.15) is 5.26 Å². The van der Waals surface area contributed by atoms with Gasteiger partial charge in [-0.25, -0.2) is 4.98 Å². The Bertz CT molecular complexity index is 819. The van der Waals surface area contributed by atoms with Gasteiger partial charge in [0, 0.05) is 37.0 Å². The molecule has 7 nitrogen and oxygen atoms in total. The molecule has 0 bridgehead atoms. The Morgan fingerprint density at radius 2 is 2.08 bits per heavy atom. The van der Waals surface area contributed by atoms with E-state index in [1.807, 2.05) is 6.07 Å². The van der Waals surface area contributed by atoms with Crippen molar-refractivity contribution in [2.24, 2.45) is 5.73 Å². The summed E-state index contributed by atoms with van der Waals surface area (Å²) in [6.07, 6.45) is 5.17. The SMILES string of the molecule is N#Cc1ccc(C(=O)N2CCC[C@H](c3nccn3CC(N)=O)C2)cc1. The third-order valence-electron chi connectivity index (χ3n) is 4.41. The fraction of sp³-hybridized carbons (Fsp3) is 0.333. The summed E-state index contributed by atoms with van der Waals surface area (Å²) in [7, 11) is 0. The summed E-state index contributed by atoms with van der Waals surface area (Å²) in [5, 5.41) is 8.86. The first-order chi connectivity index (χ1) is 12.1. The number of imidazole rings is 1. The van der Waals surface area contributed by atoms with Crippen LogP contribution < -0.4 is 5.73 Å². The fourth-order valence-electron chi connectivity index (χ4n) is 3.22. The summed E-state index contributed by atoms with van der Waals surface area (Å²) < 4.78 is 1.75. The Kier molecular flexibility index (Phi) is 4.80. The molecule has 2 N–H and O–H groups in total. The van der Waals surface area contributed by atoms with Crippen LogP contribution in [0.2, 0.25) is 0 Å². The molecule has 3 rings (SSSR count). The number of rotatable bonds is 4. The van der Waals surface area contributed by atoms with Crippen molar-refractivity contribution in [2.45, 2.75) is 25.3 Å². The predicted molar refractivity (Wildman–Crippen MR) is 90.5 cm³/mol. The van der Waals surface area contributed by atoms with Gasteiger partial charge in [0.1, 0.15) is 12.4 Å². The summed E-state index contributed by atoms with van der Waals surface area (Å²) in [4.78, 5) is 30.1. The number of primary amides is 1. The molecule has 0 saturated carbocycles. The van der Waals surface area contributed by atoms with E-state index >= 15 is 0 Å². The van der Waals surface area contributed by atoms with E-state index in [9.17, 15) is 9.59 Å². The molecule has 2 heterocycles. The first kappa shape index (κ1) is 16.7. The number of hydrogen-bond acceptors (Lipinski definition) is 4. The molecule has 1 aliphatic heterocycles. The zero-order valence-corrected chi connectivity index (χ0v) is 13.8. The van der Waals surface area contributed by atoms with Crippen LogP contribution >= 0.6 is 0 Å². The number of nitrogens with zero attached hydrogens (tertiary/aromatic N) is 4. The molecule has 1 aliphatic rings. The average Bonchev–Trinajstić information content (AvgIpc) is 3.08. The lowest BCUT2D eigenvalue weighted by Crippen LogP contribution is -2.40. The van der Waals surface area contributed by atoms with Crippen LogP contribution in [0.1, 0.15) is 40.5 Å². The van der Waals surface area contributed by atoms with E-state index in [1.54, 1.807) is 46.1 Å². The Morgan fingerprint density at radius 1 is 1.32 bits per heavy atom. The summed E-state index contributed by atoms with van der Waals surface area (Å²) in [6, 6.07) is 8.70. The largest absolute Gasteiger partial charge is 0.368 e. The number of hydrogen-bond donors (Lipinski definition) is 1. The Labute approximate surface area is 145 Å². The lowest BCUT2D eigenvalue weighted by Gasteiger charge is -2.32. The van der Waals surface area contributed by atoms with E-state index in [4.69, 9.17) is 11.0 Å². The molecular weight excluding hydrogens is 318 g/mol. The minimum absolute atomic E-state index is 0.0535. The van der Waals surface area contributed by atoms with E-state index in [2.05, 4.69) is 4.98 Å². The summed E-state index contributed by atoms with van der Waals surface area (Å²) in [5.41, 5.74) is 6.38. The van der Waals surface area contributed by atoms with E-state index in [0.717, 1.165) is 18.7 Å². The first-order valence-corrected chi connectivity index (χ1v) is 8.17. The zero-order chi connectivity index (χ0) is 17.8. The van der Waals surface area contributed by atoms with Crippen molar-refractivity contribution >= 4 is 11.8 Å².